The topological polar surface area (TPSA) is 20.3 Å². The number of carbonyl (C=O) groups is 1. The minimum Gasteiger partial charge on any atom is -0.372 e. The maximum absolute atomic E-state index is 12.9. The number of hydrogen-bond acceptors (Lipinski definition) is 2. The molecule has 2 rings (SSSR count). The molecule has 1 heterocycles. The minimum absolute atomic E-state index is 0.261. The third-order valence-electron chi connectivity index (χ3n) is 3.85. The molecule has 0 bridgehead atoms. The zero-order valence-corrected chi connectivity index (χ0v) is 11.4. The fourth-order valence-electron chi connectivity index (χ4n) is 2.61. The summed E-state index contributed by atoms with van der Waals surface area (Å²) in [5.74, 6) is 0.608. The molecule has 1 aliphatic heterocycles. The fourth-order valence-corrected chi connectivity index (χ4v) is 2.61. The second-order valence-corrected chi connectivity index (χ2v) is 5.41. The molecule has 1 saturated heterocycles. The van der Waals surface area contributed by atoms with E-state index in [4.69, 9.17) is 0 Å². The number of nitrogens with zero attached hydrogens (tertiary/aromatic N) is 1. The van der Waals surface area contributed by atoms with E-state index >= 15 is 0 Å². The molecule has 1 aromatic carbocycles. The summed E-state index contributed by atoms with van der Waals surface area (Å²) in [6.07, 6.45) is -1.16. The van der Waals surface area contributed by atoms with Gasteiger partial charge in [0.05, 0.1) is 5.56 Å². The molecule has 110 valence electrons. The highest BCUT2D eigenvalue weighted by Crippen LogP contribution is 2.34. The molecule has 0 N–H and O–H groups in total. The van der Waals surface area contributed by atoms with Gasteiger partial charge in [0.2, 0.25) is 0 Å². The molecular formula is C15H18F3NO. The second kappa shape index (κ2) is 5.85. The fraction of sp³-hybridized carbons (Fsp3) is 0.533. The number of alkyl halides is 3. The maximum Gasteiger partial charge on any atom is 0.417 e. The van der Waals surface area contributed by atoms with Crippen LogP contribution in [-0.2, 0) is 6.18 Å². The molecule has 1 aromatic rings. The molecule has 0 radical (unpaired) electrons. The van der Waals surface area contributed by atoms with Crippen LogP contribution in [0.2, 0.25) is 0 Å². The number of halogens is 3. The quantitative estimate of drug-likeness (QED) is 0.761. The van der Waals surface area contributed by atoms with Crippen LogP contribution in [0, 0.1) is 5.92 Å². The summed E-state index contributed by atoms with van der Waals surface area (Å²) in [5.41, 5.74) is -0.594. The molecule has 20 heavy (non-hydrogen) atoms. The van der Waals surface area contributed by atoms with Gasteiger partial charge < -0.3 is 4.90 Å². The number of rotatable bonds is 2. The molecule has 0 aromatic heterocycles. The van der Waals surface area contributed by atoms with E-state index in [0.29, 0.717) is 11.6 Å². The summed E-state index contributed by atoms with van der Waals surface area (Å²) < 4.78 is 38.8. The molecule has 2 nitrogen and oxygen atoms in total. The number of benzene rings is 1. The van der Waals surface area contributed by atoms with Crippen molar-refractivity contribution in [3.05, 3.63) is 29.3 Å². The van der Waals surface area contributed by atoms with Gasteiger partial charge in [-0.1, -0.05) is 6.92 Å². The first-order valence-electron chi connectivity index (χ1n) is 6.83. The highest BCUT2D eigenvalue weighted by Gasteiger charge is 2.34. The summed E-state index contributed by atoms with van der Waals surface area (Å²) in [6, 6.07) is 3.97. The zero-order chi connectivity index (χ0) is 14.8. The normalized spacial score (nSPS) is 20.6. The Balaban J connectivity index is 2.31. The third-order valence-corrected chi connectivity index (χ3v) is 3.85. The summed E-state index contributed by atoms with van der Waals surface area (Å²) in [7, 11) is 0. The van der Waals surface area contributed by atoms with Gasteiger partial charge in [0, 0.05) is 24.3 Å². The van der Waals surface area contributed by atoms with E-state index in [1.54, 1.807) is 6.07 Å². The van der Waals surface area contributed by atoms with E-state index in [-0.39, 0.29) is 11.8 Å². The predicted molar refractivity (Wildman–Crippen MR) is 72.1 cm³/mol. The molecule has 0 saturated carbocycles. The van der Waals surface area contributed by atoms with Crippen LogP contribution in [0.15, 0.2) is 18.2 Å². The van der Waals surface area contributed by atoms with Crippen LogP contribution in [-0.4, -0.2) is 19.4 Å². The van der Waals surface area contributed by atoms with Crippen molar-refractivity contribution in [2.45, 2.75) is 32.4 Å². The van der Waals surface area contributed by atoms with Gasteiger partial charge in [-0.15, -0.1) is 0 Å². The lowest BCUT2D eigenvalue weighted by atomic mass is 10.0. The highest BCUT2D eigenvalue weighted by atomic mass is 19.4. The summed E-state index contributed by atoms with van der Waals surface area (Å²) in [6.45, 7) is 3.70. The van der Waals surface area contributed by atoms with Gasteiger partial charge in [0.15, 0.2) is 6.29 Å². The average molecular weight is 285 g/mol. The number of anilines is 1. The van der Waals surface area contributed by atoms with E-state index in [9.17, 15) is 18.0 Å². The lowest BCUT2D eigenvalue weighted by Crippen LogP contribution is -2.24. The molecule has 0 spiro atoms. The van der Waals surface area contributed by atoms with Gasteiger partial charge >= 0.3 is 6.18 Å². The van der Waals surface area contributed by atoms with Gasteiger partial charge in [-0.2, -0.15) is 13.2 Å². The Hall–Kier alpha value is -1.52. The smallest absolute Gasteiger partial charge is 0.372 e. The Morgan fingerprint density at radius 2 is 2.00 bits per heavy atom. The van der Waals surface area contributed by atoms with Crippen molar-refractivity contribution in [1.29, 1.82) is 0 Å². The maximum atomic E-state index is 12.9. The molecule has 5 heteroatoms. The Bertz CT molecular complexity index is 484. The van der Waals surface area contributed by atoms with Crippen molar-refractivity contribution in [3.63, 3.8) is 0 Å². The van der Waals surface area contributed by atoms with Crippen molar-refractivity contribution >= 4 is 12.0 Å². The predicted octanol–water partition coefficient (Wildman–Crippen LogP) is 4.14. The second-order valence-electron chi connectivity index (χ2n) is 5.41. The van der Waals surface area contributed by atoms with E-state index in [1.807, 2.05) is 4.90 Å². The Morgan fingerprint density at radius 1 is 1.25 bits per heavy atom. The van der Waals surface area contributed by atoms with Gasteiger partial charge in [-0.25, -0.2) is 0 Å². The van der Waals surface area contributed by atoms with Crippen LogP contribution in [0.1, 0.15) is 42.1 Å². The van der Waals surface area contributed by atoms with E-state index in [2.05, 4.69) is 6.92 Å². The van der Waals surface area contributed by atoms with Crippen LogP contribution in [0.4, 0.5) is 18.9 Å². The monoisotopic (exact) mass is 285 g/mol. The Labute approximate surface area is 116 Å². The minimum atomic E-state index is -4.49. The summed E-state index contributed by atoms with van der Waals surface area (Å²) in [5, 5.41) is 0. The van der Waals surface area contributed by atoms with Crippen molar-refractivity contribution in [3.8, 4) is 0 Å². The lowest BCUT2D eigenvalue weighted by Gasteiger charge is -2.24. The molecule has 0 aliphatic carbocycles. The number of aldehydes is 1. The SMILES string of the molecule is CC1CCCN(c2ccc(C=O)c(C(F)(F)F)c2)CC1. The number of hydrogen-bond donors (Lipinski definition) is 0. The van der Waals surface area contributed by atoms with Crippen molar-refractivity contribution < 1.29 is 18.0 Å². The lowest BCUT2D eigenvalue weighted by molar-refractivity contribution is -0.137. The number of carbonyl (C=O) groups excluding carboxylic acids is 1. The van der Waals surface area contributed by atoms with Crippen molar-refractivity contribution in [1.82, 2.24) is 0 Å². The first-order chi connectivity index (χ1) is 9.41. The van der Waals surface area contributed by atoms with Crippen LogP contribution < -0.4 is 4.90 Å². The highest BCUT2D eigenvalue weighted by molar-refractivity contribution is 5.79. The molecule has 0 amide bonds. The van der Waals surface area contributed by atoms with Crippen LogP contribution in [0.25, 0.3) is 0 Å². The molecule has 1 fully saturated rings. The first-order valence-corrected chi connectivity index (χ1v) is 6.83. The van der Waals surface area contributed by atoms with Gasteiger partial charge in [-0.3, -0.25) is 4.79 Å². The molecule has 1 aliphatic rings. The molecular weight excluding hydrogens is 267 g/mol. The van der Waals surface area contributed by atoms with E-state index in [0.717, 1.165) is 38.4 Å². The van der Waals surface area contributed by atoms with Gasteiger partial charge in [0.1, 0.15) is 0 Å². The Morgan fingerprint density at radius 3 is 2.65 bits per heavy atom. The average Bonchev–Trinajstić information content (AvgIpc) is 2.62. The summed E-state index contributed by atoms with van der Waals surface area (Å²) >= 11 is 0. The third kappa shape index (κ3) is 3.32. The van der Waals surface area contributed by atoms with Crippen molar-refractivity contribution in [2.24, 2.45) is 5.92 Å². The standard InChI is InChI=1S/C15H18F3NO/c1-11-3-2-7-19(8-6-11)13-5-4-12(10-20)14(9-13)15(16,17)18/h4-5,9-11H,2-3,6-8H2,1H3. The molecule has 1 unspecified atom stereocenters. The first kappa shape index (κ1) is 14.9. The van der Waals surface area contributed by atoms with Crippen molar-refractivity contribution in [2.75, 3.05) is 18.0 Å². The van der Waals surface area contributed by atoms with Crippen LogP contribution >= 0.6 is 0 Å². The van der Waals surface area contributed by atoms with Crippen LogP contribution in [0.5, 0.6) is 0 Å². The summed E-state index contributed by atoms with van der Waals surface area (Å²) in [4.78, 5) is 12.7. The van der Waals surface area contributed by atoms with Gasteiger partial charge in [0.25, 0.3) is 0 Å². The van der Waals surface area contributed by atoms with Crippen LogP contribution in [0.3, 0.4) is 0 Å². The molecule has 1 atom stereocenters. The van der Waals surface area contributed by atoms with E-state index in [1.165, 1.54) is 6.07 Å². The largest absolute Gasteiger partial charge is 0.417 e. The van der Waals surface area contributed by atoms with Gasteiger partial charge in [-0.05, 0) is 43.4 Å². The zero-order valence-electron chi connectivity index (χ0n) is 11.4. The Kier molecular flexibility index (Phi) is 4.35. The van der Waals surface area contributed by atoms with E-state index < -0.39 is 11.7 Å².